The molecule has 5 heteroatoms. The van der Waals surface area contributed by atoms with Crippen molar-refractivity contribution in [3.8, 4) is 0 Å². The van der Waals surface area contributed by atoms with Crippen LogP contribution in [0, 0.1) is 10.1 Å². The molecule has 0 aliphatic heterocycles. The minimum absolute atomic E-state index is 0.125. The summed E-state index contributed by atoms with van der Waals surface area (Å²) in [4.78, 5) is 10.4. The summed E-state index contributed by atoms with van der Waals surface area (Å²) in [7, 11) is 0. The molecule has 0 amide bonds. The highest BCUT2D eigenvalue weighted by Crippen LogP contribution is 2.22. The number of benzene rings is 1. The molecule has 0 spiro atoms. The predicted molar refractivity (Wildman–Crippen MR) is 74.0 cm³/mol. The summed E-state index contributed by atoms with van der Waals surface area (Å²) in [6.07, 6.45) is 2.20. The van der Waals surface area contributed by atoms with E-state index in [-0.39, 0.29) is 10.6 Å². The van der Waals surface area contributed by atoms with Gasteiger partial charge in [-0.3, -0.25) is 10.1 Å². The second-order valence-corrected chi connectivity index (χ2v) is 4.17. The molecule has 1 aromatic carbocycles. The molecule has 0 heterocycles. The van der Waals surface area contributed by atoms with E-state index in [1.807, 2.05) is 0 Å². The Bertz CT molecular complexity index is 378. The van der Waals surface area contributed by atoms with Gasteiger partial charge in [-0.15, -0.1) is 0 Å². The van der Waals surface area contributed by atoms with Crippen molar-refractivity contribution in [3.63, 3.8) is 0 Å². The van der Waals surface area contributed by atoms with Gasteiger partial charge in [0.25, 0.3) is 5.69 Å². The molecule has 0 aliphatic rings. The fourth-order valence-corrected chi connectivity index (χ4v) is 1.83. The maximum atomic E-state index is 10.8. The second-order valence-electron chi connectivity index (χ2n) is 4.17. The van der Waals surface area contributed by atoms with Gasteiger partial charge in [0.1, 0.15) is 5.69 Å². The van der Waals surface area contributed by atoms with Crippen molar-refractivity contribution >= 4 is 11.4 Å². The zero-order valence-electron chi connectivity index (χ0n) is 11.0. The average molecular weight is 251 g/mol. The number of nitro benzene ring substituents is 1. The van der Waals surface area contributed by atoms with Crippen LogP contribution in [0.3, 0.4) is 0 Å². The van der Waals surface area contributed by atoms with Crippen LogP contribution in [0.4, 0.5) is 11.4 Å². The first kappa shape index (κ1) is 14.4. The lowest BCUT2D eigenvalue weighted by molar-refractivity contribution is -0.384. The molecule has 0 bridgehead atoms. The van der Waals surface area contributed by atoms with Gasteiger partial charge in [-0.25, -0.2) is 0 Å². The standard InChI is InChI=1S/C13H21N3O2/c1-3-11(4-2)14-9-10-15-12-7-5-6-8-13(12)16(17)18/h5-8,11,14-15H,3-4,9-10H2,1-2H3. The smallest absolute Gasteiger partial charge is 0.292 e. The van der Waals surface area contributed by atoms with Crippen LogP contribution in [0.1, 0.15) is 26.7 Å². The molecule has 0 unspecified atom stereocenters. The molecule has 18 heavy (non-hydrogen) atoms. The Morgan fingerprint density at radius 1 is 1.22 bits per heavy atom. The van der Waals surface area contributed by atoms with E-state index < -0.39 is 0 Å². The van der Waals surface area contributed by atoms with Gasteiger partial charge in [0, 0.05) is 25.2 Å². The third-order valence-corrected chi connectivity index (χ3v) is 2.96. The van der Waals surface area contributed by atoms with Crippen molar-refractivity contribution in [3.05, 3.63) is 34.4 Å². The highest BCUT2D eigenvalue weighted by atomic mass is 16.6. The summed E-state index contributed by atoms with van der Waals surface area (Å²) >= 11 is 0. The van der Waals surface area contributed by atoms with E-state index in [4.69, 9.17) is 0 Å². The first-order valence-corrected chi connectivity index (χ1v) is 6.39. The summed E-state index contributed by atoms with van der Waals surface area (Å²) in [5.74, 6) is 0. The maximum absolute atomic E-state index is 10.8. The SMILES string of the molecule is CCC(CC)NCCNc1ccccc1[N+](=O)[O-]. The molecule has 2 N–H and O–H groups in total. The maximum Gasteiger partial charge on any atom is 0.292 e. The van der Waals surface area contributed by atoms with Gasteiger partial charge in [-0.1, -0.05) is 26.0 Å². The Kier molecular flexibility index (Phi) is 6.14. The Morgan fingerprint density at radius 2 is 1.89 bits per heavy atom. The van der Waals surface area contributed by atoms with E-state index in [9.17, 15) is 10.1 Å². The van der Waals surface area contributed by atoms with Crippen LogP contribution >= 0.6 is 0 Å². The van der Waals surface area contributed by atoms with Crippen LogP contribution in [-0.2, 0) is 0 Å². The Labute approximate surface area is 108 Å². The minimum atomic E-state index is -0.364. The number of hydrogen-bond acceptors (Lipinski definition) is 4. The van der Waals surface area contributed by atoms with Crippen molar-refractivity contribution < 1.29 is 4.92 Å². The zero-order chi connectivity index (χ0) is 13.4. The molecular weight excluding hydrogens is 230 g/mol. The molecule has 0 aromatic heterocycles. The number of nitrogens with zero attached hydrogens (tertiary/aromatic N) is 1. The molecular formula is C13H21N3O2. The van der Waals surface area contributed by atoms with Crippen molar-refractivity contribution in [2.75, 3.05) is 18.4 Å². The van der Waals surface area contributed by atoms with Gasteiger partial charge >= 0.3 is 0 Å². The van der Waals surface area contributed by atoms with E-state index in [1.165, 1.54) is 6.07 Å². The van der Waals surface area contributed by atoms with Gasteiger partial charge in [0.2, 0.25) is 0 Å². The zero-order valence-corrected chi connectivity index (χ0v) is 11.0. The van der Waals surface area contributed by atoms with Crippen LogP contribution in [-0.4, -0.2) is 24.1 Å². The highest BCUT2D eigenvalue weighted by Gasteiger charge is 2.11. The van der Waals surface area contributed by atoms with Crippen molar-refractivity contribution in [2.45, 2.75) is 32.7 Å². The van der Waals surface area contributed by atoms with E-state index in [2.05, 4.69) is 24.5 Å². The topological polar surface area (TPSA) is 67.2 Å². The van der Waals surface area contributed by atoms with Gasteiger partial charge < -0.3 is 10.6 Å². The lowest BCUT2D eigenvalue weighted by Crippen LogP contribution is -2.32. The molecule has 5 nitrogen and oxygen atoms in total. The van der Waals surface area contributed by atoms with Crippen molar-refractivity contribution in [2.24, 2.45) is 0 Å². The lowest BCUT2D eigenvalue weighted by atomic mass is 10.2. The van der Waals surface area contributed by atoms with Gasteiger partial charge in [-0.2, -0.15) is 0 Å². The van der Waals surface area contributed by atoms with Crippen LogP contribution in [0.2, 0.25) is 0 Å². The summed E-state index contributed by atoms with van der Waals surface area (Å²) < 4.78 is 0. The molecule has 0 aliphatic carbocycles. The minimum Gasteiger partial charge on any atom is -0.378 e. The van der Waals surface area contributed by atoms with Crippen LogP contribution in [0.15, 0.2) is 24.3 Å². The predicted octanol–water partition coefficient (Wildman–Crippen LogP) is 2.78. The third kappa shape index (κ3) is 4.33. The van der Waals surface area contributed by atoms with E-state index >= 15 is 0 Å². The van der Waals surface area contributed by atoms with Gasteiger partial charge in [0.05, 0.1) is 4.92 Å². The molecule has 0 saturated heterocycles. The van der Waals surface area contributed by atoms with Crippen molar-refractivity contribution in [1.82, 2.24) is 5.32 Å². The van der Waals surface area contributed by atoms with E-state index in [1.54, 1.807) is 18.2 Å². The van der Waals surface area contributed by atoms with Crippen LogP contribution in [0.25, 0.3) is 0 Å². The highest BCUT2D eigenvalue weighted by molar-refractivity contribution is 5.60. The van der Waals surface area contributed by atoms with Crippen LogP contribution < -0.4 is 10.6 Å². The number of para-hydroxylation sites is 2. The normalized spacial score (nSPS) is 10.6. The number of anilines is 1. The molecule has 0 saturated carbocycles. The first-order valence-electron chi connectivity index (χ1n) is 6.39. The summed E-state index contributed by atoms with van der Waals surface area (Å²) in [6.45, 7) is 5.78. The monoisotopic (exact) mass is 251 g/mol. The lowest BCUT2D eigenvalue weighted by Gasteiger charge is -2.15. The summed E-state index contributed by atoms with van der Waals surface area (Å²) in [6, 6.07) is 7.24. The molecule has 100 valence electrons. The Morgan fingerprint density at radius 3 is 2.50 bits per heavy atom. The summed E-state index contributed by atoms with van der Waals surface area (Å²) in [5.41, 5.74) is 0.703. The fraction of sp³-hybridized carbons (Fsp3) is 0.538. The molecule has 0 atom stereocenters. The number of hydrogen-bond donors (Lipinski definition) is 2. The fourth-order valence-electron chi connectivity index (χ4n) is 1.83. The number of nitrogens with one attached hydrogen (secondary N) is 2. The van der Waals surface area contributed by atoms with Crippen LogP contribution in [0.5, 0.6) is 0 Å². The quantitative estimate of drug-likeness (QED) is 0.423. The van der Waals surface area contributed by atoms with Gasteiger partial charge in [-0.05, 0) is 18.9 Å². The molecule has 0 radical (unpaired) electrons. The van der Waals surface area contributed by atoms with Gasteiger partial charge in [0.15, 0.2) is 0 Å². The molecule has 1 aromatic rings. The number of nitro groups is 1. The molecule has 1 rings (SSSR count). The largest absolute Gasteiger partial charge is 0.378 e. The summed E-state index contributed by atoms with van der Waals surface area (Å²) in [5, 5.41) is 17.3. The van der Waals surface area contributed by atoms with E-state index in [0.29, 0.717) is 18.3 Å². The molecule has 0 fully saturated rings. The Balaban J connectivity index is 2.42. The Hall–Kier alpha value is -1.62. The third-order valence-electron chi connectivity index (χ3n) is 2.96. The van der Waals surface area contributed by atoms with Crippen molar-refractivity contribution in [1.29, 1.82) is 0 Å². The second kappa shape index (κ2) is 7.66. The first-order chi connectivity index (χ1) is 8.69. The number of rotatable bonds is 8. The average Bonchev–Trinajstić information content (AvgIpc) is 2.39. The van der Waals surface area contributed by atoms with E-state index in [0.717, 1.165) is 19.4 Å².